The van der Waals surface area contributed by atoms with Gasteiger partial charge < -0.3 is 24.2 Å². The lowest BCUT2D eigenvalue weighted by Gasteiger charge is -2.28. The molecule has 0 amide bonds. The zero-order valence-corrected chi connectivity index (χ0v) is 19.4. The molecule has 0 saturated heterocycles. The Morgan fingerprint density at radius 2 is 1.29 bits per heavy atom. The summed E-state index contributed by atoms with van der Waals surface area (Å²) >= 11 is 0. The van der Waals surface area contributed by atoms with E-state index in [2.05, 4.69) is 5.16 Å². The lowest BCUT2D eigenvalue weighted by Crippen LogP contribution is -2.40. The number of methoxy groups -OCH3 is 2. The van der Waals surface area contributed by atoms with Gasteiger partial charge in [-0.05, 0) is 60.5 Å². The molecule has 0 atom stereocenters. The zero-order chi connectivity index (χ0) is 24.8. The van der Waals surface area contributed by atoms with Crippen LogP contribution < -0.4 is 9.47 Å². The standard InChI is InChI=1S/C27H25NO7/c1-32-21-11-7-18(8-12-21)25(29)34-16-27(15-20-5-3-4-6-23(20)24(27)28-31)17-35-26(30)19-9-13-22(33-2)14-10-19/h3-14,31H,15-17H2,1-2H3/b28-24-. The van der Waals surface area contributed by atoms with Crippen molar-refractivity contribution in [2.75, 3.05) is 27.4 Å². The second-order valence-electron chi connectivity index (χ2n) is 8.17. The van der Waals surface area contributed by atoms with Gasteiger partial charge in [0.05, 0.1) is 30.8 Å². The topological polar surface area (TPSA) is 104 Å². The van der Waals surface area contributed by atoms with Crippen molar-refractivity contribution >= 4 is 17.7 Å². The van der Waals surface area contributed by atoms with Crippen LogP contribution in [0.5, 0.6) is 11.5 Å². The molecule has 3 aromatic carbocycles. The molecular formula is C27H25NO7. The van der Waals surface area contributed by atoms with Crippen molar-refractivity contribution in [3.8, 4) is 11.5 Å². The largest absolute Gasteiger partial charge is 0.497 e. The van der Waals surface area contributed by atoms with Crippen molar-refractivity contribution in [2.24, 2.45) is 10.6 Å². The van der Waals surface area contributed by atoms with E-state index in [1.54, 1.807) is 48.5 Å². The number of ether oxygens (including phenoxy) is 4. The Labute approximate surface area is 202 Å². The van der Waals surface area contributed by atoms with Gasteiger partial charge in [0.25, 0.3) is 0 Å². The second-order valence-corrected chi connectivity index (χ2v) is 8.17. The molecule has 1 aliphatic carbocycles. The predicted octanol–water partition coefficient (Wildman–Crippen LogP) is 4.14. The number of hydrogen-bond acceptors (Lipinski definition) is 8. The van der Waals surface area contributed by atoms with Gasteiger partial charge in [0, 0.05) is 5.56 Å². The van der Waals surface area contributed by atoms with Crippen LogP contribution in [-0.2, 0) is 15.9 Å². The Morgan fingerprint density at radius 3 is 1.74 bits per heavy atom. The number of esters is 2. The third-order valence-electron chi connectivity index (χ3n) is 6.01. The Kier molecular flexibility index (Phi) is 7.01. The number of oxime groups is 1. The highest BCUT2D eigenvalue weighted by molar-refractivity contribution is 6.09. The smallest absolute Gasteiger partial charge is 0.338 e. The molecule has 3 aromatic rings. The molecule has 0 aliphatic heterocycles. The van der Waals surface area contributed by atoms with Crippen LogP contribution in [0.3, 0.4) is 0 Å². The average molecular weight is 475 g/mol. The first kappa shape index (κ1) is 23.8. The van der Waals surface area contributed by atoms with E-state index in [4.69, 9.17) is 18.9 Å². The van der Waals surface area contributed by atoms with Gasteiger partial charge >= 0.3 is 11.9 Å². The van der Waals surface area contributed by atoms with E-state index in [1.807, 2.05) is 24.3 Å². The summed E-state index contributed by atoms with van der Waals surface area (Å²) in [6.45, 7) is -0.302. The molecule has 35 heavy (non-hydrogen) atoms. The first-order valence-electron chi connectivity index (χ1n) is 10.9. The van der Waals surface area contributed by atoms with Crippen LogP contribution in [0.15, 0.2) is 78.0 Å². The number of carbonyl (C=O) groups excluding carboxylic acids is 2. The summed E-state index contributed by atoms with van der Waals surface area (Å²) in [6.07, 6.45) is 0.369. The zero-order valence-electron chi connectivity index (χ0n) is 19.4. The summed E-state index contributed by atoms with van der Waals surface area (Å²) < 4.78 is 21.5. The van der Waals surface area contributed by atoms with Crippen LogP contribution in [-0.4, -0.2) is 50.3 Å². The van der Waals surface area contributed by atoms with E-state index in [1.165, 1.54) is 14.2 Å². The Balaban J connectivity index is 1.55. The van der Waals surface area contributed by atoms with Crippen molar-refractivity contribution in [1.82, 2.24) is 0 Å². The number of carbonyl (C=O) groups is 2. The predicted molar refractivity (Wildman–Crippen MR) is 127 cm³/mol. The monoisotopic (exact) mass is 475 g/mol. The quantitative estimate of drug-likeness (QED) is 0.297. The molecule has 4 rings (SSSR count). The SMILES string of the molecule is COc1ccc(C(=O)OCC2(COC(=O)c3ccc(OC)cc3)Cc3ccccc3/C2=N/O)cc1. The van der Waals surface area contributed by atoms with Crippen molar-refractivity contribution in [2.45, 2.75) is 6.42 Å². The third-order valence-corrected chi connectivity index (χ3v) is 6.01. The fourth-order valence-electron chi connectivity index (χ4n) is 4.11. The van der Waals surface area contributed by atoms with Gasteiger partial charge in [-0.2, -0.15) is 0 Å². The van der Waals surface area contributed by atoms with Crippen LogP contribution in [0.2, 0.25) is 0 Å². The first-order chi connectivity index (χ1) is 17.0. The molecule has 0 unspecified atom stereocenters. The molecule has 0 radical (unpaired) electrons. The molecule has 1 aliphatic rings. The molecule has 0 bridgehead atoms. The Morgan fingerprint density at radius 1 is 0.800 bits per heavy atom. The lowest BCUT2D eigenvalue weighted by molar-refractivity contribution is 0.0149. The highest BCUT2D eigenvalue weighted by Crippen LogP contribution is 2.39. The molecule has 1 N–H and O–H groups in total. The van der Waals surface area contributed by atoms with E-state index in [0.717, 1.165) is 11.1 Å². The van der Waals surface area contributed by atoms with Gasteiger partial charge in [0.1, 0.15) is 30.4 Å². The van der Waals surface area contributed by atoms with Crippen molar-refractivity contribution in [3.63, 3.8) is 0 Å². The molecule has 0 spiro atoms. The summed E-state index contributed by atoms with van der Waals surface area (Å²) in [5.74, 6) is 0.123. The van der Waals surface area contributed by atoms with E-state index in [0.29, 0.717) is 34.8 Å². The summed E-state index contributed by atoms with van der Waals surface area (Å²) in [5, 5.41) is 13.4. The molecule has 0 saturated carbocycles. The Hall–Kier alpha value is -4.33. The van der Waals surface area contributed by atoms with Gasteiger partial charge in [-0.25, -0.2) is 9.59 Å². The van der Waals surface area contributed by atoms with E-state index >= 15 is 0 Å². The van der Waals surface area contributed by atoms with E-state index in [9.17, 15) is 14.8 Å². The van der Waals surface area contributed by atoms with Gasteiger partial charge in [0.2, 0.25) is 0 Å². The fraction of sp³-hybridized carbons (Fsp3) is 0.222. The molecule has 180 valence electrons. The maximum atomic E-state index is 12.7. The minimum Gasteiger partial charge on any atom is -0.497 e. The molecule has 0 heterocycles. The maximum absolute atomic E-state index is 12.7. The summed E-state index contributed by atoms with van der Waals surface area (Å²) in [5.41, 5.74) is 1.56. The van der Waals surface area contributed by atoms with Crippen LogP contribution in [0.4, 0.5) is 0 Å². The normalized spacial score (nSPS) is 14.7. The summed E-state index contributed by atoms with van der Waals surface area (Å²) in [4.78, 5) is 25.5. The van der Waals surface area contributed by atoms with Crippen molar-refractivity contribution < 1.29 is 33.7 Å². The summed E-state index contributed by atoms with van der Waals surface area (Å²) in [6, 6.07) is 20.5. The van der Waals surface area contributed by atoms with Crippen molar-refractivity contribution in [3.05, 3.63) is 95.1 Å². The number of nitrogens with zero attached hydrogens (tertiary/aromatic N) is 1. The third kappa shape index (κ3) is 4.96. The van der Waals surface area contributed by atoms with Crippen LogP contribution in [0.1, 0.15) is 31.8 Å². The van der Waals surface area contributed by atoms with Crippen LogP contribution >= 0.6 is 0 Å². The number of rotatable bonds is 8. The van der Waals surface area contributed by atoms with E-state index in [-0.39, 0.29) is 13.2 Å². The minimum atomic E-state index is -1.05. The number of benzene rings is 3. The minimum absolute atomic E-state index is 0.151. The maximum Gasteiger partial charge on any atom is 0.338 e. The van der Waals surface area contributed by atoms with Crippen LogP contribution in [0, 0.1) is 5.41 Å². The molecule has 0 fully saturated rings. The lowest BCUT2D eigenvalue weighted by atomic mass is 9.84. The Bertz CT molecular complexity index is 1170. The second kappa shape index (κ2) is 10.3. The molecule has 8 heteroatoms. The molecular weight excluding hydrogens is 450 g/mol. The highest BCUT2D eigenvalue weighted by atomic mass is 16.5. The van der Waals surface area contributed by atoms with Gasteiger partial charge in [-0.3, -0.25) is 0 Å². The fourth-order valence-corrected chi connectivity index (χ4v) is 4.11. The average Bonchev–Trinajstić information content (AvgIpc) is 3.23. The molecule has 0 aromatic heterocycles. The first-order valence-corrected chi connectivity index (χ1v) is 10.9. The van der Waals surface area contributed by atoms with Gasteiger partial charge in [0.15, 0.2) is 0 Å². The summed E-state index contributed by atoms with van der Waals surface area (Å²) in [7, 11) is 3.08. The number of hydrogen-bond donors (Lipinski definition) is 1. The van der Waals surface area contributed by atoms with E-state index < -0.39 is 17.4 Å². The molecule has 8 nitrogen and oxygen atoms in total. The number of fused-ring (bicyclic) bond motifs is 1. The van der Waals surface area contributed by atoms with Crippen LogP contribution in [0.25, 0.3) is 0 Å². The highest BCUT2D eigenvalue weighted by Gasteiger charge is 2.46. The van der Waals surface area contributed by atoms with Gasteiger partial charge in [-0.1, -0.05) is 29.4 Å². The van der Waals surface area contributed by atoms with Gasteiger partial charge in [-0.15, -0.1) is 0 Å². The van der Waals surface area contributed by atoms with Crippen molar-refractivity contribution in [1.29, 1.82) is 0 Å².